The topological polar surface area (TPSA) is 14.8 Å². The molecule has 0 saturated carbocycles. The maximum atomic E-state index is 2.47. The summed E-state index contributed by atoms with van der Waals surface area (Å²) in [6.07, 6.45) is 0. The molecular formula is C44H29N3. The summed E-state index contributed by atoms with van der Waals surface area (Å²) in [6.45, 7) is 0. The lowest BCUT2D eigenvalue weighted by Gasteiger charge is -2.14. The van der Waals surface area contributed by atoms with Gasteiger partial charge >= 0.3 is 0 Å². The molecule has 3 heterocycles. The van der Waals surface area contributed by atoms with Crippen molar-refractivity contribution in [3.8, 4) is 28.2 Å². The summed E-state index contributed by atoms with van der Waals surface area (Å²) in [7, 11) is 0. The Hall–Kier alpha value is -6.32. The van der Waals surface area contributed by atoms with Crippen LogP contribution in [0.2, 0.25) is 0 Å². The average Bonchev–Trinajstić information content (AvgIpc) is 3.77. The first-order valence-electron chi connectivity index (χ1n) is 16.1. The summed E-state index contributed by atoms with van der Waals surface area (Å²) in [5.74, 6) is 0. The van der Waals surface area contributed by atoms with E-state index in [0.717, 1.165) is 11.4 Å². The molecule has 0 fully saturated rings. The van der Waals surface area contributed by atoms with Crippen molar-refractivity contribution in [2.75, 3.05) is 0 Å². The Labute approximate surface area is 271 Å². The zero-order valence-electron chi connectivity index (χ0n) is 25.6. The van der Waals surface area contributed by atoms with Gasteiger partial charge in [-0.15, -0.1) is 0 Å². The first-order valence-corrected chi connectivity index (χ1v) is 16.1. The number of hydrogen-bond donors (Lipinski definition) is 0. The number of rotatable bonds is 4. The van der Waals surface area contributed by atoms with E-state index in [1.807, 2.05) is 0 Å². The molecule has 0 aliphatic carbocycles. The van der Waals surface area contributed by atoms with Gasteiger partial charge in [-0.3, -0.25) is 0 Å². The fourth-order valence-corrected chi connectivity index (χ4v) is 7.68. The molecule has 0 radical (unpaired) electrons. The maximum absolute atomic E-state index is 2.47. The maximum Gasteiger partial charge on any atom is 0.0804 e. The van der Waals surface area contributed by atoms with Crippen LogP contribution >= 0.6 is 0 Å². The number of nitrogens with zero attached hydrogens (tertiary/aromatic N) is 3. The first-order chi connectivity index (χ1) is 23.4. The largest absolute Gasteiger partial charge is 0.309 e. The highest BCUT2D eigenvalue weighted by Crippen LogP contribution is 2.44. The van der Waals surface area contributed by atoms with Crippen molar-refractivity contribution in [2.45, 2.75) is 0 Å². The number of fused-ring (bicyclic) bond motifs is 8. The lowest BCUT2D eigenvalue weighted by Crippen LogP contribution is -1.98. The molecule has 220 valence electrons. The quantitative estimate of drug-likeness (QED) is 0.191. The predicted octanol–water partition coefficient (Wildman–Crippen LogP) is 11.5. The monoisotopic (exact) mass is 599 g/mol. The lowest BCUT2D eigenvalue weighted by atomic mass is 10.0. The van der Waals surface area contributed by atoms with E-state index in [0.29, 0.717) is 0 Å². The van der Waals surface area contributed by atoms with Gasteiger partial charge in [0.05, 0.1) is 38.8 Å². The second kappa shape index (κ2) is 10.1. The Morgan fingerprint density at radius 3 is 1.49 bits per heavy atom. The van der Waals surface area contributed by atoms with Crippen molar-refractivity contribution in [3.63, 3.8) is 0 Å². The fourth-order valence-electron chi connectivity index (χ4n) is 7.68. The van der Waals surface area contributed by atoms with Gasteiger partial charge < -0.3 is 13.7 Å². The van der Waals surface area contributed by atoms with Crippen LogP contribution in [0.15, 0.2) is 176 Å². The Balaban J connectivity index is 1.42. The molecule has 0 spiro atoms. The molecule has 0 saturated heterocycles. The summed E-state index contributed by atoms with van der Waals surface area (Å²) in [6, 6.07) is 63.6. The van der Waals surface area contributed by atoms with Crippen LogP contribution in [0.25, 0.3) is 82.8 Å². The van der Waals surface area contributed by atoms with Gasteiger partial charge in [0.25, 0.3) is 0 Å². The molecule has 0 bridgehead atoms. The molecule has 0 N–H and O–H groups in total. The highest BCUT2D eigenvalue weighted by Gasteiger charge is 2.24. The van der Waals surface area contributed by atoms with E-state index in [2.05, 4.69) is 190 Å². The first kappa shape index (κ1) is 26.0. The van der Waals surface area contributed by atoms with Gasteiger partial charge in [0.2, 0.25) is 0 Å². The van der Waals surface area contributed by atoms with Crippen molar-refractivity contribution in [1.82, 2.24) is 13.7 Å². The van der Waals surface area contributed by atoms with Crippen LogP contribution in [-0.4, -0.2) is 13.7 Å². The molecule has 3 aromatic heterocycles. The van der Waals surface area contributed by atoms with Crippen LogP contribution in [0, 0.1) is 0 Å². The Morgan fingerprint density at radius 1 is 0.298 bits per heavy atom. The minimum Gasteiger partial charge on any atom is -0.309 e. The Bertz CT molecular complexity index is 2760. The van der Waals surface area contributed by atoms with E-state index in [9.17, 15) is 0 Å². The third kappa shape index (κ3) is 3.74. The normalized spacial score (nSPS) is 11.8. The molecule has 3 heteroatoms. The molecule has 0 atom stereocenters. The summed E-state index contributed by atoms with van der Waals surface area (Å²) in [5, 5.41) is 4.96. The van der Waals surface area contributed by atoms with E-state index in [1.54, 1.807) is 0 Å². The minimum absolute atomic E-state index is 1.15. The van der Waals surface area contributed by atoms with Crippen molar-refractivity contribution < 1.29 is 0 Å². The van der Waals surface area contributed by atoms with Crippen LogP contribution in [0.4, 0.5) is 0 Å². The molecule has 47 heavy (non-hydrogen) atoms. The van der Waals surface area contributed by atoms with Crippen molar-refractivity contribution in [3.05, 3.63) is 176 Å². The van der Waals surface area contributed by atoms with E-state index < -0.39 is 0 Å². The van der Waals surface area contributed by atoms with Crippen LogP contribution in [0.1, 0.15) is 0 Å². The van der Waals surface area contributed by atoms with Gasteiger partial charge in [-0.2, -0.15) is 0 Å². The average molecular weight is 600 g/mol. The summed E-state index contributed by atoms with van der Waals surface area (Å²) < 4.78 is 7.38. The van der Waals surface area contributed by atoms with Crippen LogP contribution in [0.3, 0.4) is 0 Å². The van der Waals surface area contributed by atoms with Crippen LogP contribution < -0.4 is 0 Å². The third-order valence-electron chi connectivity index (χ3n) is 9.62. The zero-order valence-corrected chi connectivity index (χ0v) is 25.6. The van der Waals surface area contributed by atoms with E-state index in [4.69, 9.17) is 0 Å². The van der Waals surface area contributed by atoms with E-state index >= 15 is 0 Å². The van der Waals surface area contributed by atoms with Crippen LogP contribution in [-0.2, 0) is 0 Å². The van der Waals surface area contributed by atoms with Crippen molar-refractivity contribution in [2.24, 2.45) is 0 Å². The highest BCUT2D eigenvalue weighted by molar-refractivity contribution is 6.24. The number of aromatic nitrogens is 3. The Morgan fingerprint density at radius 2 is 0.787 bits per heavy atom. The van der Waals surface area contributed by atoms with Crippen molar-refractivity contribution in [1.29, 1.82) is 0 Å². The molecule has 10 aromatic rings. The van der Waals surface area contributed by atoms with Gasteiger partial charge in [-0.25, -0.2) is 0 Å². The zero-order chi connectivity index (χ0) is 30.9. The SMILES string of the molecule is c1ccc(-c2ccccc2-n2c3ccccc3c3cc4c(cc32)n(-c2ccccc2)c2c3ccccc3n(-c3ccccc3)c42)cc1. The van der Waals surface area contributed by atoms with Crippen LogP contribution in [0.5, 0.6) is 0 Å². The standard InChI is InChI=1S/C44H29N3/c1-4-16-30(17-5-1)33-22-10-13-25-38(33)47-39-26-14-11-23-34(39)36-28-37-42(29-41(36)47)46(32-20-8-3-9-21-32)43-35-24-12-15-27-40(35)45(44(37)43)31-18-6-2-7-19-31/h1-29H. The fraction of sp³-hybridized carbons (Fsp3) is 0. The molecule has 0 amide bonds. The third-order valence-corrected chi connectivity index (χ3v) is 9.62. The van der Waals surface area contributed by atoms with Crippen molar-refractivity contribution >= 4 is 54.6 Å². The molecule has 0 aliphatic heterocycles. The highest BCUT2D eigenvalue weighted by atomic mass is 15.1. The Kier molecular flexibility index (Phi) is 5.57. The van der Waals surface area contributed by atoms with Gasteiger partial charge in [0.1, 0.15) is 0 Å². The molecule has 10 rings (SSSR count). The molecule has 3 nitrogen and oxygen atoms in total. The molecule has 0 aliphatic rings. The second-order valence-corrected chi connectivity index (χ2v) is 12.2. The van der Waals surface area contributed by atoms with E-state index in [-0.39, 0.29) is 0 Å². The van der Waals surface area contributed by atoms with E-state index in [1.165, 1.54) is 71.5 Å². The molecule has 0 unspecified atom stereocenters. The predicted molar refractivity (Wildman–Crippen MR) is 197 cm³/mol. The molecule has 7 aromatic carbocycles. The number of para-hydroxylation sites is 5. The van der Waals surface area contributed by atoms with Gasteiger partial charge in [-0.1, -0.05) is 121 Å². The van der Waals surface area contributed by atoms with Gasteiger partial charge in [0.15, 0.2) is 0 Å². The summed E-state index contributed by atoms with van der Waals surface area (Å²) >= 11 is 0. The van der Waals surface area contributed by atoms with Gasteiger partial charge in [-0.05, 0) is 60.2 Å². The number of hydrogen-bond acceptors (Lipinski definition) is 0. The molecular weight excluding hydrogens is 571 g/mol. The summed E-state index contributed by atoms with van der Waals surface area (Å²) in [4.78, 5) is 0. The summed E-state index contributed by atoms with van der Waals surface area (Å²) in [5.41, 5.74) is 13.1. The second-order valence-electron chi connectivity index (χ2n) is 12.2. The van der Waals surface area contributed by atoms with Gasteiger partial charge in [0, 0.05) is 38.5 Å². The minimum atomic E-state index is 1.15. The lowest BCUT2D eigenvalue weighted by molar-refractivity contribution is 1.17. The number of benzene rings is 7. The smallest absolute Gasteiger partial charge is 0.0804 e.